The molecule has 0 aliphatic heterocycles. The van der Waals surface area contributed by atoms with E-state index >= 15 is 0 Å². The minimum absolute atomic E-state index is 0.0243. The Morgan fingerprint density at radius 3 is 1.65 bits per heavy atom. The molecule has 4 nitrogen and oxygen atoms in total. The lowest BCUT2D eigenvalue weighted by molar-refractivity contribution is 0.0698. The molecule has 0 bridgehead atoms. The normalized spacial score (nSPS) is 11.5. The summed E-state index contributed by atoms with van der Waals surface area (Å²) < 4.78 is 23.1. The summed E-state index contributed by atoms with van der Waals surface area (Å²) in [6, 6.07) is 8.84. The average molecular weight is 583 g/mol. The van der Waals surface area contributed by atoms with Crippen LogP contribution in [0, 0.1) is 3.57 Å². The summed E-state index contributed by atoms with van der Waals surface area (Å²) in [7, 11) is 0. The van der Waals surface area contributed by atoms with Gasteiger partial charge in [-0.15, -0.1) is 0 Å². The number of hydrogen-bond acceptors (Lipinski definition) is 3. The molecule has 0 saturated heterocycles. The molecule has 34 heavy (non-hydrogen) atoms. The Bertz CT molecular complexity index is 941. The lowest BCUT2D eigenvalue weighted by atomic mass is 9.96. The maximum absolute atomic E-state index is 11.7. The molecule has 2 rings (SSSR count). The van der Waals surface area contributed by atoms with Crippen LogP contribution in [0.25, 0.3) is 10.8 Å². The SMILES string of the molecule is CCCCCCCCCCCCCCCCCCc1cccc2c(C(=O)O)c(I(=O)=O)ccc12. The van der Waals surface area contributed by atoms with E-state index in [0.29, 0.717) is 5.39 Å². The third-order valence-electron chi connectivity index (χ3n) is 6.78. The number of aromatic carboxylic acids is 1. The lowest BCUT2D eigenvalue weighted by Crippen LogP contribution is -2.02. The van der Waals surface area contributed by atoms with Crippen LogP contribution in [0.2, 0.25) is 0 Å². The van der Waals surface area contributed by atoms with Gasteiger partial charge in [0.2, 0.25) is 0 Å². The number of rotatable bonds is 19. The highest BCUT2D eigenvalue weighted by Crippen LogP contribution is 2.31. The van der Waals surface area contributed by atoms with E-state index in [2.05, 4.69) is 6.92 Å². The van der Waals surface area contributed by atoms with Crippen molar-refractivity contribution in [3.05, 3.63) is 45.0 Å². The fraction of sp³-hybridized carbons (Fsp3) is 0.621. The zero-order chi connectivity index (χ0) is 24.6. The quantitative estimate of drug-likeness (QED) is 0.132. The number of unbranched alkanes of at least 4 members (excludes halogenated alkanes) is 15. The van der Waals surface area contributed by atoms with Crippen molar-refractivity contribution in [2.45, 2.75) is 116 Å². The van der Waals surface area contributed by atoms with E-state index in [9.17, 15) is 16.0 Å². The van der Waals surface area contributed by atoms with Gasteiger partial charge in [0.1, 0.15) is 0 Å². The monoisotopic (exact) mass is 582 g/mol. The van der Waals surface area contributed by atoms with Crippen LogP contribution in [0.1, 0.15) is 126 Å². The maximum Gasteiger partial charge on any atom is 0.341 e. The summed E-state index contributed by atoms with van der Waals surface area (Å²) in [6.45, 7) is 2.27. The second-order valence-corrected chi connectivity index (χ2v) is 11.9. The second-order valence-electron chi connectivity index (χ2n) is 9.51. The predicted molar refractivity (Wildman–Crippen MR) is 148 cm³/mol. The summed E-state index contributed by atoms with van der Waals surface area (Å²) >= 11 is -3.86. The number of benzene rings is 2. The van der Waals surface area contributed by atoms with Crippen LogP contribution in [0.3, 0.4) is 0 Å². The Labute approximate surface area is 213 Å². The molecule has 0 heterocycles. The van der Waals surface area contributed by atoms with Gasteiger partial charge in [-0.25, -0.2) is 10.9 Å². The van der Waals surface area contributed by atoms with Crippen LogP contribution in [-0.4, -0.2) is 11.1 Å². The van der Waals surface area contributed by atoms with Crippen LogP contribution in [0.15, 0.2) is 30.3 Å². The van der Waals surface area contributed by atoms with Crippen LogP contribution >= 0.6 is 19.8 Å². The third kappa shape index (κ3) is 10.0. The molecule has 0 aliphatic rings. The number of aryl methyl sites for hydroxylation is 1. The van der Waals surface area contributed by atoms with Crippen LogP contribution < -0.4 is 0 Å². The van der Waals surface area contributed by atoms with Crippen molar-refractivity contribution in [2.24, 2.45) is 0 Å². The van der Waals surface area contributed by atoms with Crippen LogP contribution in [0.4, 0.5) is 0 Å². The number of halogens is 1. The Kier molecular flexibility index (Phi) is 14.4. The molecule has 0 aliphatic carbocycles. The first-order valence-electron chi connectivity index (χ1n) is 13.4. The van der Waals surface area contributed by atoms with Crippen LogP contribution in [0.5, 0.6) is 0 Å². The molecule has 190 valence electrons. The maximum atomic E-state index is 11.7. The first kappa shape index (κ1) is 28.7. The van der Waals surface area contributed by atoms with Gasteiger partial charge in [0.25, 0.3) is 0 Å². The van der Waals surface area contributed by atoms with Gasteiger partial charge in [0.15, 0.2) is 0 Å². The first-order chi connectivity index (χ1) is 16.6. The number of hydrogen-bond donors (Lipinski definition) is 1. The predicted octanol–water partition coefficient (Wildman–Crippen LogP) is 9.71. The smallest absolute Gasteiger partial charge is 0.341 e. The molecule has 1 N–H and O–H groups in total. The minimum atomic E-state index is -3.86. The third-order valence-corrected chi connectivity index (χ3v) is 8.63. The van der Waals surface area contributed by atoms with E-state index < -0.39 is 25.8 Å². The van der Waals surface area contributed by atoms with E-state index in [1.165, 1.54) is 102 Å². The summed E-state index contributed by atoms with van der Waals surface area (Å²) in [5.74, 6) is -1.17. The van der Waals surface area contributed by atoms with Crippen LogP contribution in [-0.2, 0) is 12.6 Å². The van der Waals surface area contributed by atoms with Crippen molar-refractivity contribution in [3.63, 3.8) is 0 Å². The number of carbonyl (C=O) groups is 1. The number of carboxylic acid groups (broad SMARTS) is 1. The molecule has 0 atom stereocenters. The van der Waals surface area contributed by atoms with Crippen molar-refractivity contribution in [3.8, 4) is 0 Å². The molecule has 2 aromatic rings. The topological polar surface area (TPSA) is 71.4 Å². The standard InChI is InChI=1S/C29H43IO4/c1-2-3-4-5-6-7-8-9-10-11-12-13-14-15-16-17-19-24-20-18-21-26-25(24)22-23-27(30(33)34)28(26)29(31)32/h18,20-23H,2-17,19H2,1H3,(H,31,32). The zero-order valence-electron chi connectivity index (χ0n) is 21.0. The Morgan fingerprint density at radius 2 is 1.18 bits per heavy atom. The minimum Gasteiger partial charge on any atom is -0.478 e. The highest BCUT2D eigenvalue weighted by atomic mass is 127. The zero-order valence-corrected chi connectivity index (χ0v) is 23.1. The van der Waals surface area contributed by atoms with Gasteiger partial charge in [-0.1, -0.05) is 128 Å². The fourth-order valence-corrected chi connectivity index (χ4v) is 6.26. The summed E-state index contributed by atoms with van der Waals surface area (Å²) in [4.78, 5) is 11.7. The Balaban J connectivity index is 1.61. The van der Waals surface area contributed by atoms with E-state index in [0.717, 1.165) is 23.8 Å². The molecule has 2 aromatic carbocycles. The van der Waals surface area contributed by atoms with Crippen molar-refractivity contribution >= 4 is 36.5 Å². The molecular weight excluding hydrogens is 539 g/mol. The van der Waals surface area contributed by atoms with Crippen molar-refractivity contribution in [2.75, 3.05) is 0 Å². The van der Waals surface area contributed by atoms with Gasteiger partial charge in [-0.05, 0) is 35.2 Å². The average Bonchev–Trinajstić information content (AvgIpc) is 2.82. The lowest BCUT2D eigenvalue weighted by Gasteiger charge is -2.10. The summed E-state index contributed by atoms with van der Waals surface area (Å²) in [5, 5.41) is 11.0. The first-order valence-corrected chi connectivity index (χ1v) is 16.2. The largest absolute Gasteiger partial charge is 0.478 e. The van der Waals surface area contributed by atoms with E-state index in [-0.39, 0.29) is 9.13 Å². The highest BCUT2D eigenvalue weighted by Gasteiger charge is 2.18. The van der Waals surface area contributed by atoms with E-state index in [1.54, 1.807) is 12.1 Å². The molecule has 5 heteroatoms. The van der Waals surface area contributed by atoms with Gasteiger partial charge in [0, 0.05) is 0 Å². The van der Waals surface area contributed by atoms with Gasteiger partial charge < -0.3 is 5.11 Å². The van der Waals surface area contributed by atoms with Gasteiger partial charge in [0.05, 0.1) is 9.13 Å². The van der Waals surface area contributed by atoms with E-state index in [1.807, 2.05) is 12.1 Å². The van der Waals surface area contributed by atoms with Crippen molar-refractivity contribution < 1.29 is 16.0 Å². The van der Waals surface area contributed by atoms with Gasteiger partial charge in [-0.2, -0.15) is 0 Å². The summed E-state index contributed by atoms with van der Waals surface area (Å²) in [5.41, 5.74) is 1.04. The molecule has 0 aromatic heterocycles. The Morgan fingerprint density at radius 1 is 0.676 bits per heavy atom. The number of carboxylic acids is 1. The molecule has 0 radical (unpaired) electrons. The molecular formula is C29H43IO4. The van der Waals surface area contributed by atoms with E-state index in [4.69, 9.17) is 0 Å². The molecule has 0 fully saturated rings. The van der Waals surface area contributed by atoms with Gasteiger partial charge >= 0.3 is 25.8 Å². The highest BCUT2D eigenvalue weighted by molar-refractivity contribution is 14.2. The van der Waals surface area contributed by atoms with Crippen molar-refractivity contribution in [1.82, 2.24) is 0 Å². The molecule has 0 saturated carbocycles. The van der Waals surface area contributed by atoms with Crippen molar-refractivity contribution in [1.29, 1.82) is 0 Å². The molecule has 0 unspecified atom stereocenters. The summed E-state index contributed by atoms with van der Waals surface area (Å²) in [6.07, 6.45) is 22.3. The second kappa shape index (κ2) is 17.0. The number of fused-ring (bicyclic) bond motifs is 1. The Hall–Kier alpha value is -1.50. The fourth-order valence-electron chi connectivity index (χ4n) is 4.82. The van der Waals surface area contributed by atoms with Gasteiger partial charge in [-0.3, -0.25) is 0 Å². The molecule has 0 spiro atoms. The molecule has 0 amide bonds.